The standard InChI is InChI=1S/C17H34N4.2ClH/c1-15(16-9-3-2-4-10-16)20-17(18)19-11-5-6-12-21-13-7-8-14-21;;/h15-16H,2-14H2,1H3,(H3,18,19,20);2*1H/t15-;;/m0../s1. The van der Waals surface area contributed by atoms with Gasteiger partial charge in [-0.1, -0.05) is 19.3 Å². The fourth-order valence-electron chi connectivity index (χ4n) is 3.71. The molecule has 23 heavy (non-hydrogen) atoms. The van der Waals surface area contributed by atoms with Crippen molar-refractivity contribution < 1.29 is 0 Å². The van der Waals surface area contributed by atoms with Crippen LogP contribution < -0.4 is 10.6 Å². The molecule has 1 heterocycles. The van der Waals surface area contributed by atoms with Gasteiger partial charge in [0.05, 0.1) is 0 Å². The van der Waals surface area contributed by atoms with E-state index in [4.69, 9.17) is 5.41 Å². The molecule has 1 saturated carbocycles. The molecule has 1 atom stereocenters. The van der Waals surface area contributed by atoms with Crippen molar-refractivity contribution in [2.24, 2.45) is 5.92 Å². The number of rotatable bonds is 7. The summed E-state index contributed by atoms with van der Waals surface area (Å²) < 4.78 is 0. The minimum atomic E-state index is 0. The molecule has 0 spiro atoms. The van der Waals surface area contributed by atoms with E-state index in [1.165, 1.54) is 77.4 Å². The number of likely N-dealkylation sites (tertiary alicyclic amines) is 1. The van der Waals surface area contributed by atoms with Gasteiger partial charge in [-0.05, 0) is 71.0 Å². The predicted octanol–water partition coefficient (Wildman–Crippen LogP) is 3.79. The Morgan fingerprint density at radius 1 is 1.04 bits per heavy atom. The van der Waals surface area contributed by atoms with Gasteiger partial charge >= 0.3 is 0 Å². The number of hydrogen-bond donors (Lipinski definition) is 3. The lowest BCUT2D eigenvalue weighted by Gasteiger charge is -2.29. The lowest BCUT2D eigenvalue weighted by atomic mass is 9.84. The summed E-state index contributed by atoms with van der Waals surface area (Å²) in [5.41, 5.74) is 0. The van der Waals surface area contributed by atoms with Crippen molar-refractivity contribution in [3.8, 4) is 0 Å². The summed E-state index contributed by atoms with van der Waals surface area (Å²) in [6.07, 6.45) is 12.0. The van der Waals surface area contributed by atoms with Crippen LogP contribution in [-0.4, -0.2) is 43.1 Å². The maximum atomic E-state index is 8.01. The first-order valence-corrected chi connectivity index (χ1v) is 9.07. The van der Waals surface area contributed by atoms with Crippen molar-refractivity contribution in [1.82, 2.24) is 15.5 Å². The number of halogens is 2. The van der Waals surface area contributed by atoms with Crippen LogP contribution >= 0.6 is 24.8 Å². The largest absolute Gasteiger partial charge is 0.357 e. The molecule has 1 aliphatic heterocycles. The second-order valence-electron chi connectivity index (χ2n) is 6.89. The molecule has 3 N–H and O–H groups in total. The molecule has 4 nitrogen and oxygen atoms in total. The van der Waals surface area contributed by atoms with Crippen LogP contribution in [0.3, 0.4) is 0 Å². The summed E-state index contributed by atoms with van der Waals surface area (Å²) in [6, 6.07) is 0.440. The van der Waals surface area contributed by atoms with E-state index in [2.05, 4.69) is 22.5 Å². The molecular weight excluding hydrogens is 331 g/mol. The minimum absolute atomic E-state index is 0. The zero-order chi connectivity index (χ0) is 14.9. The predicted molar refractivity (Wildman–Crippen MR) is 104 cm³/mol. The van der Waals surface area contributed by atoms with Crippen molar-refractivity contribution in [2.45, 2.75) is 70.8 Å². The van der Waals surface area contributed by atoms with Crippen LogP contribution in [0, 0.1) is 11.3 Å². The molecule has 6 heteroatoms. The first-order chi connectivity index (χ1) is 10.3. The van der Waals surface area contributed by atoms with Crippen molar-refractivity contribution in [1.29, 1.82) is 5.41 Å². The molecule has 0 unspecified atom stereocenters. The van der Waals surface area contributed by atoms with Gasteiger partial charge < -0.3 is 15.5 Å². The highest BCUT2D eigenvalue weighted by Crippen LogP contribution is 2.26. The number of guanidine groups is 1. The normalized spacial score (nSPS) is 20.2. The fourth-order valence-corrected chi connectivity index (χ4v) is 3.71. The van der Waals surface area contributed by atoms with Crippen LogP contribution in [0.2, 0.25) is 0 Å². The molecule has 1 saturated heterocycles. The maximum Gasteiger partial charge on any atom is 0.188 e. The average molecular weight is 367 g/mol. The third-order valence-corrected chi connectivity index (χ3v) is 5.13. The number of nitrogens with one attached hydrogen (secondary N) is 3. The Hall–Kier alpha value is -0.190. The van der Waals surface area contributed by atoms with E-state index in [-0.39, 0.29) is 24.8 Å². The Labute approximate surface area is 154 Å². The van der Waals surface area contributed by atoms with Gasteiger partial charge in [-0.25, -0.2) is 0 Å². The van der Waals surface area contributed by atoms with Gasteiger partial charge in [-0.15, -0.1) is 24.8 Å². The Morgan fingerprint density at radius 2 is 1.70 bits per heavy atom. The Kier molecular flexibility index (Phi) is 13.0. The molecule has 1 aliphatic carbocycles. The highest BCUT2D eigenvalue weighted by molar-refractivity contribution is 5.85. The molecular formula is C17H36Cl2N4. The van der Waals surface area contributed by atoms with Gasteiger partial charge in [0.2, 0.25) is 0 Å². The second-order valence-corrected chi connectivity index (χ2v) is 6.89. The van der Waals surface area contributed by atoms with Crippen LogP contribution in [-0.2, 0) is 0 Å². The lowest BCUT2D eigenvalue weighted by molar-refractivity contribution is 0.300. The summed E-state index contributed by atoms with van der Waals surface area (Å²) in [6.45, 7) is 6.99. The molecule has 0 radical (unpaired) electrons. The van der Waals surface area contributed by atoms with Crippen molar-refractivity contribution >= 4 is 30.8 Å². The van der Waals surface area contributed by atoms with Gasteiger partial charge in [0.15, 0.2) is 5.96 Å². The van der Waals surface area contributed by atoms with Crippen LogP contribution in [0.15, 0.2) is 0 Å². The smallest absolute Gasteiger partial charge is 0.188 e. The van der Waals surface area contributed by atoms with E-state index in [0.717, 1.165) is 12.5 Å². The monoisotopic (exact) mass is 366 g/mol. The van der Waals surface area contributed by atoms with Crippen molar-refractivity contribution in [3.63, 3.8) is 0 Å². The summed E-state index contributed by atoms with van der Waals surface area (Å²) in [5.74, 6) is 1.28. The molecule has 2 aliphatic rings. The quantitative estimate of drug-likeness (QED) is 0.365. The Bertz CT molecular complexity index is 303. The van der Waals surface area contributed by atoms with Crippen molar-refractivity contribution in [3.05, 3.63) is 0 Å². The highest BCUT2D eigenvalue weighted by Gasteiger charge is 2.20. The molecule has 0 amide bonds. The maximum absolute atomic E-state index is 8.01. The van der Waals surface area contributed by atoms with E-state index in [1.54, 1.807) is 0 Å². The van der Waals surface area contributed by atoms with Crippen LogP contribution in [0.5, 0.6) is 0 Å². The zero-order valence-electron chi connectivity index (χ0n) is 14.6. The second kappa shape index (κ2) is 13.1. The van der Waals surface area contributed by atoms with E-state index in [9.17, 15) is 0 Å². The fraction of sp³-hybridized carbons (Fsp3) is 0.941. The molecule has 0 aromatic heterocycles. The topological polar surface area (TPSA) is 51.2 Å². The van der Waals surface area contributed by atoms with Crippen molar-refractivity contribution in [2.75, 3.05) is 26.2 Å². The highest BCUT2D eigenvalue weighted by atomic mass is 35.5. The van der Waals surface area contributed by atoms with Crippen LogP contribution in [0.25, 0.3) is 0 Å². The lowest BCUT2D eigenvalue weighted by Crippen LogP contribution is -2.45. The van der Waals surface area contributed by atoms with Gasteiger partial charge in [0.25, 0.3) is 0 Å². The van der Waals surface area contributed by atoms with Gasteiger partial charge in [-0.3, -0.25) is 5.41 Å². The Morgan fingerprint density at radius 3 is 2.35 bits per heavy atom. The zero-order valence-corrected chi connectivity index (χ0v) is 16.2. The minimum Gasteiger partial charge on any atom is -0.357 e. The molecule has 0 aromatic carbocycles. The first kappa shape index (κ1) is 22.8. The van der Waals surface area contributed by atoms with E-state index in [1.807, 2.05) is 0 Å². The van der Waals surface area contributed by atoms with E-state index >= 15 is 0 Å². The summed E-state index contributed by atoms with van der Waals surface area (Å²) in [4.78, 5) is 2.56. The first-order valence-electron chi connectivity index (χ1n) is 9.07. The molecule has 2 fully saturated rings. The number of nitrogens with zero attached hydrogens (tertiary/aromatic N) is 1. The van der Waals surface area contributed by atoms with E-state index in [0.29, 0.717) is 12.0 Å². The Balaban J connectivity index is 0.00000242. The summed E-state index contributed by atoms with van der Waals surface area (Å²) in [7, 11) is 0. The molecule has 0 aromatic rings. The number of hydrogen-bond acceptors (Lipinski definition) is 2. The summed E-state index contributed by atoms with van der Waals surface area (Å²) >= 11 is 0. The number of unbranched alkanes of at least 4 members (excludes halogenated alkanes) is 1. The van der Waals surface area contributed by atoms with Gasteiger partial charge in [0, 0.05) is 12.6 Å². The SMILES string of the molecule is C[C@H](NC(=N)NCCCCN1CCCC1)C1CCCCC1.Cl.Cl. The van der Waals surface area contributed by atoms with Crippen LogP contribution in [0.1, 0.15) is 64.7 Å². The third-order valence-electron chi connectivity index (χ3n) is 5.13. The van der Waals surface area contributed by atoms with Gasteiger partial charge in [0.1, 0.15) is 0 Å². The summed E-state index contributed by atoms with van der Waals surface area (Å²) in [5, 5.41) is 14.6. The third kappa shape index (κ3) is 9.02. The molecule has 2 rings (SSSR count). The van der Waals surface area contributed by atoms with E-state index < -0.39 is 0 Å². The molecule has 0 bridgehead atoms. The average Bonchev–Trinajstić information content (AvgIpc) is 3.01. The van der Waals surface area contributed by atoms with Gasteiger partial charge in [-0.2, -0.15) is 0 Å². The molecule has 138 valence electrons. The van der Waals surface area contributed by atoms with Crippen LogP contribution in [0.4, 0.5) is 0 Å².